The van der Waals surface area contributed by atoms with Crippen LogP contribution < -0.4 is 16.1 Å². The molecule has 1 aromatic heterocycles. The smallest absolute Gasteiger partial charge is 0.328 e. The lowest BCUT2D eigenvalue weighted by Gasteiger charge is -2.16. The zero-order valence-electron chi connectivity index (χ0n) is 18.0. The lowest BCUT2D eigenvalue weighted by molar-refractivity contribution is -0.137. The topological polar surface area (TPSA) is 92.2 Å². The molecule has 0 aliphatic carbocycles. The van der Waals surface area contributed by atoms with Crippen LogP contribution in [0.1, 0.15) is 29.0 Å². The highest BCUT2D eigenvalue weighted by Crippen LogP contribution is 2.25. The van der Waals surface area contributed by atoms with Crippen molar-refractivity contribution in [1.29, 1.82) is 0 Å². The number of rotatable bonds is 5. The van der Waals surface area contributed by atoms with Crippen LogP contribution in [-0.4, -0.2) is 22.4 Å². The lowest BCUT2D eigenvalue weighted by atomic mass is 10.1. The van der Waals surface area contributed by atoms with E-state index >= 15 is 0 Å². The SMILES string of the molecule is C[C@H](NC(=O)C(=O)Nn1c(C(=O)Nc2ccccc2Cl)cc2cc(Cl)ccc21)c1ccccc1. The highest BCUT2D eigenvalue weighted by Gasteiger charge is 2.22. The average Bonchev–Trinajstić information content (AvgIpc) is 3.18. The van der Waals surface area contributed by atoms with Crippen LogP contribution >= 0.6 is 23.2 Å². The molecule has 1 heterocycles. The van der Waals surface area contributed by atoms with Crippen molar-refractivity contribution in [2.24, 2.45) is 0 Å². The second-order valence-corrected chi connectivity index (χ2v) is 8.39. The van der Waals surface area contributed by atoms with E-state index in [4.69, 9.17) is 23.2 Å². The van der Waals surface area contributed by atoms with Crippen LogP contribution in [-0.2, 0) is 9.59 Å². The number of carbonyl (C=O) groups is 3. The summed E-state index contributed by atoms with van der Waals surface area (Å²) < 4.78 is 1.26. The summed E-state index contributed by atoms with van der Waals surface area (Å²) in [5.74, 6) is -2.30. The highest BCUT2D eigenvalue weighted by molar-refractivity contribution is 6.38. The van der Waals surface area contributed by atoms with Gasteiger partial charge in [0.2, 0.25) is 0 Å². The molecule has 9 heteroatoms. The Kier molecular flexibility index (Phi) is 6.86. The number of aromatic nitrogens is 1. The summed E-state index contributed by atoms with van der Waals surface area (Å²) in [5, 5.41) is 6.81. The van der Waals surface area contributed by atoms with Crippen molar-refractivity contribution >= 4 is 57.5 Å². The molecule has 0 aliphatic rings. The number of hydrogen-bond donors (Lipinski definition) is 3. The van der Waals surface area contributed by atoms with Crippen LogP contribution in [0.4, 0.5) is 5.69 Å². The quantitative estimate of drug-likeness (QED) is 0.335. The number of para-hydroxylation sites is 1. The predicted octanol–water partition coefficient (Wildman–Crippen LogP) is 5.15. The highest BCUT2D eigenvalue weighted by atomic mass is 35.5. The van der Waals surface area contributed by atoms with E-state index in [1.54, 1.807) is 55.5 Å². The van der Waals surface area contributed by atoms with E-state index in [2.05, 4.69) is 16.1 Å². The van der Waals surface area contributed by atoms with Crippen molar-refractivity contribution in [3.63, 3.8) is 0 Å². The number of halogens is 2. The van der Waals surface area contributed by atoms with Gasteiger partial charge in [-0.25, -0.2) is 4.68 Å². The summed E-state index contributed by atoms with van der Waals surface area (Å²) in [7, 11) is 0. The number of nitrogens with one attached hydrogen (secondary N) is 3. The third-order valence-corrected chi connectivity index (χ3v) is 5.75. The van der Waals surface area contributed by atoms with Gasteiger partial charge >= 0.3 is 11.8 Å². The Balaban J connectivity index is 1.60. The number of anilines is 1. The summed E-state index contributed by atoms with van der Waals surface area (Å²) in [6, 6.07) is 22.1. The largest absolute Gasteiger partial charge is 0.341 e. The van der Waals surface area contributed by atoms with Gasteiger partial charge in [0.1, 0.15) is 5.69 Å². The van der Waals surface area contributed by atoms with Gasteiger partial charge in [0.05, 0.1) is 22.3 Å². The first kappa shape index (κ1) is 23.4. The number of benzene rings is 3. The van der Waals surface area contributed by atoms with Gasteiger partial charge in [-0.3, -0.25) is 19.8 Å². The minimum Gasteiger partial charge on any atom is -0.341 e. The Morgan fingerprint density at radius 2 is 1.56 bits per heavy atom. The molecule has 0 fully saturated rings. The molecule has 34 heavy (non-hydrogen) atoms. The van der Waals surface area contributed by atoms with Gasteiger partial charge in [0.15, 0.2) is 0 Å². The normalized spacial score (nSPS) is 11.6. The number of amides is 3. The summed E-state index contributed by atoms with van der Waals surface area (Å²) in [4.78, 5) is 38.4. The molecule has 3 aromatic carbocycles. The van der Waals surface area contributed by atoms with Crippen molar-refractivity contribution < 1.29 is 14.4 Å². The van der Waals surface area contributed by atoms with Crippen LogP contribution in [0.3, 0.4) is 0 Å². The van der Waals surface area contributed by atoms with Crippen LogP contribution in [0.5, 0.6) is 0 Å². The molecular formula is C25H20Cl2N4O3. The van der Waals surface area contributed by atoms with E-state index in [9.17, 15) is 14.4 Å². The molecular weight excluding hydrogens is 475 g/mol. The van der Waals surface area contributed by atoms with Crippen molar-refractivity contribution in [3.8, 4) is 0 Å². The second kappa shape index (κ2) is 9.99. The first-order valence-electron chi connectivity index (χ1n) is 10.4. The molecule has 0 unspecified atom stereocenters. The summed E-state index contributed by atoms with van der Waals surface area (Å²) in [6.07, 6.45) is 0. The molecule has 3 amide bonds. The molecule has 3 N–H and O–H groups in total. The molecule has 0 saturated carbocycles. The minimum atomic E-state index is -0.929. The van der Waals surface area contributed by atoms with Crippen molar-refractivity contribution in [2.75, 3.05) is 10.7 Å². The lowest BCUT2D eigenvalue weighted by Crippen LogP contribution is -2.40. The number of hydrogen-bond acceptors (Lipinski definition) is 3. The van der Waals surface area contributed by atoms with Crippen molar-refractivity contribution in [1.82, 2.24) is 9.99 Å². The Morgan fingerprint density at radius 3 is 2.29 bits per heavy atom. The molecule has 0 spiro atoms. The van der Waals surface area contributed by atoms with E-state index in [1.165, 1.54) is 4.68 Å². The Bertz CT molecular complexity index is 1390. The summed E-state index contributed by atoms with van der Waals surface area (Å²) in [6.45, 7) is 1.77. The fraction of sp³-hybridized carbons (Fsp3) is 0.0800. The van der Waals surface area contributed by atoms with Crippen LogP contribution in [0, 0.1) is 0 Å². The standard InChI is InChI=1S/C25H20Cl2N4O3/c1-15(16-7-3-2-4-8-16)28-24(33)25(34)30-31-21-12-11-18(26)13-17(21)14-22(31)23(32)29-20-10-6-5-9-19(20)27/h2-15H,1H3,(H,28,33)(H,29,32)(H,30,34)/t15-/m0/s1. The number of fused-ring (bicyclic) bond motifs is 1. The third kappa shape index (κ3) is 5.06. The molecule has 4 rings (SSSR count). The molecule has 0 bridgehead atoms. The summed E-state index contributed by atoms with van der Waals surface area (Å²) >= 11 is 12.3. The van der Waals surface area contributed by atoms with Gasteiger partial charge < -0.3 is 10.6 Å². The van der Waals surface area contributed by atoms with Gasteiger partial charge in [-0.05, 0) is 48.9 Å². The fourth-order valence-electron chi connectivity index (χ4n) is 3.46. The van der Waals surface area contributed by atoms with Crippen LogP contribution in [0.15, 0.2) is 78.9 Å². The van der Waals surface area contributed by atoms with E-state index in [1.807, 2.05) is 30.3 Å². The molecule has 4 aromatic rings. The fourth-order valence-corrected chi connectivity index (χ4v) is 3.83. The molecule has 172 valence electrons. The zero-order chi connectivity index (χ0) is 24.2. The van der Waals surface area contributed by atoms with Gasteiger partial charge in [-0.2, -0.15) is 0 Å². The first-order valence-corrected chi connectivity index (χ1v) is 11.1. The maximum atomic E-state index is 13.1. The summed E-state index contributed by atoms with van der Waals surface area (Å²) in [5.41, 5.74) is 4.36. The average molecular weight is 495 g/mol. The number of carbonyl (C=O) groups excluding carboxylic acids is 3. The van der Waals surface area contributed by atoms with Crippen LogP contribution in [0.25, 0.3) is 10.9 Å². The van der Waals surface area contributed by atoms with Gasteiger partial charge in [-0.15, -0.1) is 0 Å². The minimum absolute atomic E-state index is 0.0921. The molecule has 0 saturated heterocycles. The van der Waals surface area contributed by atoms with Crippen molar-refractivity contribution in [3.05, 3.63) is 100 Å². The molecule has 7 nitrogen and oxygen atoms in total. The van der Waals surface area contributed by atoms with Gasteiger partial charge in [0.25, 0.3) is 5.91 Å². The molecule has 0 aliphatic heterocycles. The maximum absolute atomic E-state index is 13.1. The predicted molar refractivity (Wildman–Crippen MR) is 134 cm³/mol. The molecule has 1 atom stereocenters. The second-order valence-electron chi connectivity index (χ2n) is 7.55. The van der Waals surface area contributed by atoms with Gasteiger partial charge in [-0.1, -0.05) is 65.7 Å². The van der Waals surface area contributed by atoms with E-state index in [-0.39, 0.29) is 11.7 Å². The monoisotopic (exact) mass is 494 g/mol. The van der Waals surface area contributed by atoms with E-state index in [0.29, 0.717) is 26.6 Å². The Morgan fingerprint density at radius 1 is 0.853 bits per heavy atom. The Labute approximate surface area is 205 Å². The first-order chi connectivity index (χ1) is 16.3. The maximum Gasteiger partial charge on any atom is 0.328 e. The van der Waals surface area contributed by atoms with Crippen molar-refractivity contribution in [2.45, 2.75) is 13.0 Å². The van der Waals surface area contributed by atoms with E-state index < -0.39 is 17.7 Å². The molecule has 0 radical (unpaired) electrons. The Hall–Kier alpha value is -3.81. The number of nitrogens with zero attached hydrogens (tertiary/aromatic N) is 1. The van der Waals surface area contributed by atoms with Crippen LogP contribution in [0.2, 0.25) is 10.0 Å². The third-order valence-electron chi connectivity index (χ3n) is 5.19. The van der Waals surface area contributed by atoms with Gasteiger partial charge in [0, 0.05) is 10.4 Å². The van der Waals surface area contributed by atoms with E-state index in [0.717, 1.165) is 5.56 Å². The zero-order valence-corrected chi connectivity index (χ0v) is 19.5.